The lowest BCUT2D eigenvalue weighted by Gasteiger charge is -2.23. The second-order valence-electron chi connectivity index (χ2n) is 4.41. The fraction of sp³-hybridized carbons (Fsp3) is 0.231. The van der Waals surface area contributed by atoms with Gasteiger partial charge in [0, 0.05) is 18.8 Å². The molecular formula is C13H18N4O. The molecule has 0 aromatic heterocycles. The third-order valence-corrected chi connectivity index (χ3v) is 2.99. The highest BCUT2D eigenvalue weighted by molar-refractivity contribution is 5.65. The summed E-state index contributed by atoms with van der Waals surface area (Å²) in [7, 11) is 0. The molecule has 7 N–H and O–H groups in total. The Balaban J connectivity index is 2.28. The van der Waals surface area contributed by atoms with Gasteiger partial charge in [0.25, 0.3) is 0 Å². The molecule has 0 bridgehead atoms. The van der Waals surface area contributed by atoms with Crippen LogP contribution in [0.1, 0.15) is 16.7 Å². The second-order valence-corrected chi connectivity index (χ2v) is 4.41. The molecule has 0 radical (unpaired) electrons. The monoisotopic (exact) mass is 246 g/mol. The summed E-state index contributed by atoms with van der Waals surface area (Å²) >= 11 is 0. The molecule has 0 spiro atoms. The molecule has 1 aromatic rings. The van der Waals surface area contributed by atoms with E-state index < -0.39 is 0 Å². The zero-order chi connectivity index (χ0) is 13.1. The van der Waals surface area contributed by atoms with Crippen LogP contribution in [0.25, 0.3) is 5.70 Å². The molecule has 2 rings (SSSR count). The molecule has 0 aliphatic carbocycles. The minimum absolute atomic E-state index is 0.220. The minimum atomic E-state index is 0.220. The molecule has 1 heterocycles. The van der Waals surface area contributed by atoms with Gasteiger partial charge in [-0.3, -0.25) is 0 Å². The molecule has 0 amide bonds. The third-order valence-electron chi connectivity index (χ3n) is 2.99. The summed E-state index contributed by atoms with van der Waals surface area (Å²) in [6.07, 6.45) is 4.09. The van der Waals surface area contributed by atoms with Gasteiger partial charge in [-0.25, -0.2) is 0 Å². The smallest absolute Gasteiger partial charge is 0.0934 e. The van der Waals surface area contributed by atoms with Crippen molar-refractivity contribution in [1.29, 1.82) is 0 Å². The highest BCUT2D eigenvalue weighted by Gasteiger charge is 2.14. The van der Waals surface area contributed by atoms with Gasteiger partial charge in [0.05, 0.1) is 5.82 Å². The second kappa shape index (κ2) is 5.12. The number of rotatable bonds is 2. The van der Waals surface area contributed by atoms with E-state index in [1.165, 1.54) is 10.6 Å². The van der Waals surface area contributed by atoms with Crippen LogP contribution in [0.3, 0.4) is 0 Å². The van der Waals surface area contributed by atoms with E-state index in [2.05, 4.69) is 0 Å². The van der Waals surface area contributed by atoms with Crippen molar-refractivity contribution in [3.05, 3.63) is 52.9 Å². The summed E-state index contributed by atoms with van der Waals surface area (Å²) in [4.78, 5) is 0. The topological polar surface area (TPSA) is 102 Å². The zero-order valence-corrected chi connectivity index (χ0v) is 10.1. The molecule has 0 saturated carbocycles. The lowest BCUT2D eigenvalue weighted by atomic mass is 9.97. The fourth-order valence-electron chi connectivity index (χ4n) is 2.00. The van der Waals surface area contributed by atoms with E-state index in [1.807, 2.05) is 18.2 Å². The van der Waals surface area contributed by atoms with Crippen LogP contribution >= 0.6 is 0 Å². The molecule has 0 atom stereocenters. The third kappa shape index (κ3) is 2.82. The molecule has 1 aromatic carbocycles. The molecular weight excluding hydrogens is 228 g/mol. The number of benzene rings is 1. The SMILES string of the molecule is NC(N)=C/C=C(\N)c1ccc2c(c1)CN(O)CC2. The van der Waals surface area contributed by atoms with Gasteiger partial charge in [0.1, 0.15) is 0 Å². The van der Waals surface area contributed by atoms with Crippen LogP contribution in [0.2, 0.25) is 0 Å². The molecule has 96 valence electrons. The van der Waals surface area contributed by atoms with Crippen LogP contribution < -0.4 is 17.2 Å². The summed E-state index contributed by atoms with van der Waals surface area (Å²) < 4.78 is 0. The van der Waals surface area contributed by atoms with E-state index in [0.717, 1.165) is 17.5 Å². The van der Waals surface area contributed by atoms with Gasteiger partial charge in [0.2, 0.25) is 0 Å². The van der Waals surface area contributed by atoms with E-state index in [-0.39, 0.29) is 5.82 Å². The lowest BCUT2D eigenvalue weighted by molar-refractivity contribution is -0.103. The highest BCUT2D eigenvalue weighted by Crippen LogP contribution is 2.21. The Kier molecular flexibility index (Phi) is 3.55. The van der Waals surface area contributed by atoms with Crippen LogP contribution in [0.4, 0.5) is 0 Å². The van der Waals surface area contributed by atoms with Gasteiger partial charge in [-0.1, -0.05) is 12.1 Å². The summed E-state index contributed by atoms with van der Waals surface area (Å²) in [6, 6.07) is 6.01. The Bertz CT molecular complexity index is 504. The highest BCUT2D eigenvalue weighted by atomic mass is 16.5. The first-order chi connectivity index (χ1) is 8.56. The zero-order valence-electron chi connectivity index (χ0n) is 10.1. The average molecular weight is 246 g/mol. The van der Waals surface area contributed by atoms with Crippen molar-refractivity contribution in [3.8, 4) is 0 Å². The molecule has 0 unspecified atom stereocenters. The number of nitrogens with zero attached hydrogens (tertiary/aromatic N) is 1. The summed E-state index contributed by atoms with van der Waals surface area (Å²) in [5, 5.41) is 10.8. The maximum atomic E-state index is 9.51. The van der Waals surface area contributed by atoms with Crippen LogP contribution in [0.5, 0.6) is 0 Å². The van der Waals surface area contributed by atoms with Crippen LogP contribution in [0, 0.1) is 0 Å². The van der Waals surface area contributed by atoms with Crippen molar-refractivity contribution < 1.29 is 5.21 Å². The Labute approximate surface area is 106 Å². The Morgan fingerprint density at radius 1 is 1.17 bits per heavy atom. The van der Waals surface area contributed by atoms with Gasteiger partial charge >= 0.3 is 0 Å². The molecule has 1 aliphatic heterocycles. The number of nitrogens with two attached hydrogens (primary N) is 3. The first kappa shape index (κ1) is 12.5. The van der Waals surface area contributed by atoms with Crippen LogP contribution in [-0.2, 0) is 13.0 Å². The normalized spacial score (nSPS) is 16.2. The van der Waals surface area contributed by atoms with Gasteiger partial charge in [-0.05, 0) is 41.3 Å². The first-order valence-electron chi connectivity index (χ1n) is 5.80. The number of fused-ring (bicyclic) bond motifs is 1. The van der Waals surface area contributed by atoms with Crippen molar-refractivity contribution in [2.45, 2.75) is 13.0 Å². The number of hydrogen-bond donors (Lipinski definition) is 4. The maximum absolute atomic E-state index is 9.51. The summed E-state index contributed by atoms with van der Waals surface area (Å²) in [6.45, 7) is 1.20. The predicted octanol–water partition coefficient (Wildman–Crippen LogP) is 0.492. The van der Waals surface area contributed by atoms with Gasteiger partial charge in [-0.15, -0.1) is 0 Å². The molecule has 1 aliphatic rings. The molecule has 5 nitrogen and oxygen atoms in total. The first-order valence-corrected chi connectivity index (χ1v) is 5.80. The van der Waals surface area contributed by atoms with Crippen molar-refractivity contribution in [2.75, 3.05) is 6.54 Å². The Morgan fingerprint density at radius 3 is 2.67 bits per heavy atom. The van der Waals surface area contributed by atoms with E-state index >= 15 is 0 Å². The number of allylic oxidation sites excluding steroid dienone is 2. The van der Waals surface area contributed by atoms with Crippen molar-refractivity contribution in [1.82, 2.24) is 5.06 Å². The van der Waals surface area contributed by atoms with E-state index in [4.69, 9.17) is 17.2 Å². The maximum Gasteiger partial charge on any atom is 0.0934 e. The Hall–Kier alpha value is -1.98. The van der Waals surface area contributed by atoms with Gasteiger partial charge < -0.3 is 22.4 Å². The largest absolute Gasteiger partial charge is 0.398 e. The van der Waals surface area contributed by atoms with E-state index in [9.17, 15) is 5.21 Å². The van der Waals surface area contributed by atoms with Gasteiger partial charge in [0.15, 0.2) is 0 Å². The van der Waals surface area contributed by atoms with Crippen molar-refractivity contribution >= 4 is 5.70 Å². The number of hydroxylamine groups is 2. The predicted molar refractivity (Wildman–Crippen MR) is 71.0 cm³/mol. The van der Waals surface area contributed by atoms with Crippen molar-refractivity contribution in [3.63, 3.8) is 0 Å². The molecule has 0 fully saturated rings. The van der Waals surface area contributed by atoms with E-state index in [1.54, 1.807) is 12.2 Å². The molecule has 5 heteroatoms. The minimum Gasteiger partial charge on any atom is -0.398 e. The van der Waals surface area contributed by atoms with Crippen molar-refractivity contribution in [2.24, 2.45) is 17.2 Å². The molecule has 18 heavy (non-hydrogen) atoms. The summed E-state index contributed by atoms with van der Waals surface area (Å²) in [5.74, 6) is 0.220. The van der Waals surface area contributed by atoms with Gasteiger partial charge in [-0.2, -0.15) is 5.06 Å². The summed E-state index contributed by atoms with van der Waals surface area (Å²) in [5.41, 5.74) is 20.5. The quantitative estimate of drug-likeness (QED) is 0.569. The van der Waals surface area contributed by atoms with Crippen LogP contribution in [-0.4, -0.2) is 16.8 Å². The lowest BCUT2D eigenvalue weighted by Crippen LogP contribution is -2.27. The van der Waals surface area contributed by atoms with Crippen LogP contribution in [0.15, 0.2) is 36.2 Å². The number of hydrogen-bond acceptors (Lipinski definition) is 5. The Morgan fingerprint density at radius 2 is 1.94 bits per heavy atom. The standard InChI is InChI=1S/C13H18N4O/c14-12(3-4-13(15)16)10-2-1-9-5-6-17(18)8-11(9)7-10/h1-4,7,18H,5-6,8,14-16H2/b12-3-. The average Bonchev–Trinajstić information content (AvgIpc) is 2.34. The van der Waals surface area contributed by atoms with E-state index in [0.29, 0.717) is 18.8 Å². The molecule has 0 saturated heterocycles. The fourth-order valence-corrected chi connectivity index (χ4v) is 2.00.